The molecule has 0 radical (unpaired) electrons. The molecule has 1 saturated carbocycles. The van der Waals surface area contributed by atoms with Gasteiger partial charge < -0.3 is 10.2 Å². The highest BCUT2D eigenvalue weighted by Crippen LogP contribution is 2.23. The second-order valence-electron chi connectivity index (χ2n) is 7.43. The van der Waals surface area contributed by atoms with Gasteiger partial charge >= 0.3 is 0 Å². The Hall–Kier alpha value is -2.43. The normalized spacial score (nSPS) is 14.7. The van der Waals surface area contributed by atoms with Gasteiger partial charge in [0.15, 0.2) is 0 Å². The van der Waals surface area contributed by atoms with Crippen LogP contribution in [0, 0.1) is 0 Å². The lowest BCUT2D eigenvalue weighted by Gasteiger charge is -2.23. The Morgan fingerprint density at radius 3 is 2.59 bits per heavy atom. The van der Waals surface area contributed by atoms with Crippen molar-refractivity contribution in [3.63, 3.8) is 0 Å². The lowest BCUT2D eigenvalue weighted by molar-refractivity contribution is 0.0793. The number of nitrogens with zero attached hydrogens (tertiary/aromatic N) is 3. The van der Waals surface area contributed by atoms with Gasteiger partial charge in [0, 0.05) is 36.8 Å². The van der Waals surface area contributed by atoms with Gasteiger partial charge in [-0.05, 0) is 31.4 Å². The monoisotopic (exact) mass is 366 g/mol. The maximum absolute atomic E-state index is 12.5. The zero-order chi connectivity index (χ0) is 19.1. The number of carbonyl (C=O) groups is 1. The quantitative estimate of drug-likeness (QED) is 0.767. The summed E-state index contributed by atoms with van der Waals surface area (Å²) >= 11 is 0. The molecule has 1 N–H and O–H groups in total. The van der Waals surface area contributed by atoms with E-state index in [1.54, 1.807) is 11.2 Å². The third kappa shape index (κ3) is 5.28. The fraction of sp³-hybridized carbons (Fsp3) is 0.500. The van der Waals surface area contributed by atoms with Gasteiger partial charge in [-0.2, -0.15) is 0 Å². The van der Waals surface area contributed by atoms with Crippen LogP contribution in [0.4, 0.5) is 5.82 Å². The lowest BCUT2D eigenvalue weighted by Crippen LogP contribution is -2.27. The summed E-state index contributed by atoms with van der Waals surface area (Å²) in [5, 5.41) is 3.54. The fourth-order valence-electron chi connectivity index (χ4n) is 3.55. The molecule has 1 aliphatic carbocycles. The van der Waals surface area contributed by atoms with E-state index >= 15 is 0 Å². The van der Waals surface area contributed by atoms with Crippen LogP contribution in [0.5, 0.6) is 0 Å². The van der Waals surface area contributed by atoms with Crippen LogP contribution in [0.3, 0.4) is 0 Å². The van der Waals surface area contributed by atoms with E-state index in [9.17, 15) is 4.79 Å². The molecular weight excluding hydrogens is 336 g/mol. The van der Waals surface area contributed by atoms with Crippen LogP contribution in [-0.2, 0) is 0 Å². The molecule has 3 rings (SSSR count). The van der Waals surface area contributed by atoms with Crippen molar-refractivity contribution in [2.45, 2.75) is 57.9 Å². The Balaban J connectivity index is 1.67. The van der Waals surface area contributed by atoms with Crippen molar-refractivity contribution >= 4 is 11.7 Å². The van der Waals surface area contributed by atoms with E-state index in [-0.39, 0.29) is 5.91 Å². The summed E-state index contributed by atoms with van der Waals surface area (Å²) in [5.41, 5.74) is 2.59. The zero-order valence-electron chi connectivity index (χ0n) is 16.4. The minimum Gasteiger partial charge on any atom is -0.367 e. The van der Waals surface area contributed by atoms with Crippen molar-refractivity contribution < 1.29 is 4.79 Å². The Labute approximate surface area is 162 Å². The van der Waals surface area contributed by atoms with E-state index in [0.717, 1.165) is 36.5 Å². The van der Waals surface area contributed by atoms with Crippen molar-refractivity contribution in [1.29, 1.82) is 0 Å². The van der Waals surface area contributed by atoms with Crippen LogP contribution in [0.2, 0.25) is 0 Å². The van der Waals surface area contributed by atoms with Gasteiger partial charge in [-0.25, -0.2) is 9.97 Å². The van der Waals surface area contributed by atoms with Crippen LogP contribution in [-0.4, -0.2) is 40.4 Å². The first-order chi connectivity index (χ1) is 13.2. The molecule has 2 aromatic rings. The van der Waals surface area contributed by atoms with Gasteiger partial charge in [-0.1, -0.05) is 44.7 Å². The smallest absolute Gasteiger partial charge is 0.253 e. The number of hydrogen-bond acceptors (Lipinski definition) is 4. The number of unbranched alkanes of at least 4 members (excludes halogenated alkanes) is 1. The molecule has 5 heteroatoms. The van der Waals surface area contributed by atoms with Crippen LogP contribution in [0.1, 0.15) is 62.2 Å². The van der Waals surface area contributed by atoms with Crippen LogP contribution >= 0.6 is 0 Å². The van der Waals surface area contributed by atoms with E-state index in [2.05, 4.69) is 22.2 Å². The van der Waals surface area contributed by atoms with Crippen molar-refractivity contribution in [2.24, 2.45) is 0 Å². The molecule has 1 fully saturated rings. The van der Waals surface area contributed by atoms with Crippen LogP contribution < -0.4 is 5.32 Å². The minimum atomic E-state index is 0.0670. The molecule has 144 valence electrons. The third-order valence-corrected chi connectivity index (χ3v) is 5.25. The standard InChI is InChI=1S/C22H30N4O/c1-3-4-14-26(2)22(27)18-12-10-17(11-13-18)20-15-21(24-16-23-20)25-19-8-6-5-7-9-19/h10-13,15-16,19H,3-9,14H2,1-2H3,(H,23,24,25). The molecule has 0 saturated heterocycles. The Kier molecular flexibility index (Phi) is 6.80. The average molecular weight is 367 g/mol. The van der Waals surface area contributed by atoms with Crippen molar-refractivity contribution in [3.8, 4) is 11.3 Å². The number of hydrogen-bond donors (Lipinski definition) is 1. The number of rotatable bonds is 7. The van der Waals surface area contributed by atoms with E-state index in [0.29, 0.717) is 11.6 Å². The topological polar surface area (TPSA) is 58.1 Å². The number of aromatic nitrogens is 2. The van der Waals surface area contributed by atoms with Gasteiger partial charge in [0.25, 0.3) is 5.91 Å². The molecule has 0 bridgehead atoms. The molecule has 0 aliphatic heterocycles. The number of amides is 1. The average Bonchev–Trinajstić information content (AvgIpc) is 2.72. The number of benzene rings is 1. The molecule has 1 heterocycles. The molecule has 1 amide bonds. The molecule has 1 aromatic heterocycles. The van der Waals surface area contributed by atoms with Crippen molar-refractivity contribution in [3.05, 3.63) is 42.2 Å². The van der Waals surface area contributed by atoms with Gasteiger partial charge in [0.05, 0.1) is 5.69 Å². The molecule has 1 aromatic carbocycles. The van der Waals surface area contributed by atoms with Gasteiger partial charge in [0.2, 0.25) is 0 Å². The minimum absolute atomic E-state index is 0.0670. The zero-order valence-corrected chi connectivity index (χ0v) is 16.4. The summed E-state index contributed by atoms with van der Waals surface area (Å²) in [6, 6.07) is 10.2. The second-order valence-corrected chi connectivity index (χ2v) is 7.43. The predicted molar refractivity (Wildman–Crippen MR) is 110 cm³/mol. The number of nitrogens with one attached hydrogen (secondary N) is 1. The van der Waals surface area contributed by atoms with Crippen molar-refractivity contribution in [1.82, 2.24) is 14.9 Å². The first-order valence-electron chi connectivity index (χ1n) is 10.1. The summed E-state index contributed by atoms with van der Waals surface area (Å²) in [6.07, 6.45) is 10.1. The molecule has 27 heavy (non-hydrogen) atoms. The van der Waals surface area contributed by atoms with Crippen molar-refractivity contribution in [2.75, 3.05) is 18.9 Å². The highest BCUT2D eigenvalue weighted by molar-refractivity contribution is 5.94. The fourth-order valence-corrected chi connectivity index (χ4v) is 3.55. The molecule has 5 nitrogen and oxygen atoms in total. The third-order valence-electron chi connectivity index (χ3n) is 5.25. The summed E-state index contributed by atoms with van der Waals surface area (Å²) in [4.78, 5) is 23.0. The first kappa shape index (κ1) is 19.3. The van der Waals surface area contributed by atoms with E-state index in [1.165, 1.54) is 32.1 Å². The SMILES string of the molecule is CCCCN(C)C(=O)c1ccc(-c2cc(NC3CCCCC3)ncn2)cc1. The number of carbonyl (C=O) groups excluding carboxylic acids is 1. The molecular formula is C22H30N4O. The molecule has 0 spiro atoms. The highest BCUT2D eigenvalue weighted by atomic mass is 16.2. The van der Waals surface area contributed by atoms with Gasteiger partial charge in [-0.3, -0.25) is 4.79 Å². The van der Waals surface area contributed by atoms with Crippen LogP contribution in [0.15, 0.2) is 36.7 Å². The van der Waals surface area contributed by atoms with Crippen LogP contribution in [0.25, 0.3) is 11.3 Å². The van der Waals surface area contributed by atoms with E-state index < -0.39 is 0 Å². The molecule has 0 unspecified atom stereocenters. The highest BCUT2D eigenvalue weighted by Gasteiger charge is 2.14. The Morgan fingerprint density at radius 1 is 1.15 bits per heavy atom. The Bertz CT molecular complexity index is 738. The van der Waals surface area contributed by atoms with E-state index in [1.807, 2.05) is 37.4 Å². The summed E-state index contributed by atoms with van der Waals surface area (Å²) in [7, 11) is 1.86. The Morgan fingerprint density at radius 2 is 1.89 bits per heavy atom. The van der Waals surface area contributed by atoms with E-state index in [4.69, 9.17) is 0 Å². The summed E-state index contributed by atoms with van der Waals surface area (Å²) in [6.45, 7) is 2.92. The lowest BCUT2D eigenvalue weighted by atomic mass is 9.95. The largest absolute Gasteiger partial charge is 0.367 e. The molecule has 0 atom stereocenters. The van der Waals surface area contributed by atoms with Gasteiger partial charge in [0.1, 0.15) is 12.1 Å². The maximum Gasteiger partial charge on any atom is 0.253 e. The predicted octanol–water partition coefficient (Wildman–Crippen LogP) is 4.76. The summed E-state index contributed by atoms with van der Waals surface area (Å²) < 4.78 is 0. The molecule has 1 aliphatic rings. The summed E-state index contributed by atoms with van der Waals surface area (Å²) in [5.74, 6) is 0.948. The number of anilines is 1. The first-order valence-corrected chi connectivity index (χ1v) is 10.1. The maximum atomic E-state index is 12.5. The second kappa shape index (κ2) is 9.49. The van der Waals surface area contributed by atoms with Gasteiger partial charge in [-0.15, -0.1) is 0 Å².